The zero-order valence-corrected chi connectivity index (χ0v) is 18.6. The molecular weight excluding hydrogens is 529 g/mol. The number of hydrogen-bond donors (Lipinski definition) is 14. The van der Waals surface area contributed by atoms with Crippen LogP contribution in [0.25, 0.3) is 0 Å². The summed E-state index contributed by atoms with van der Waals surface area (Å²) in [5.74, 6) is 5.27. The van der Waals surface area contributed by atoms with Crippen LogP contribution in [0.2, 0.25) is 0 Å². The van der Waals surface area contributed by atoms with Crippen molar-refractivity contribution in [3.8, 4) is 0 Å². The van der Waals surface area contributed by atoms with Gasteiger partial charge in [-0.05, 0) is 6.07 Å². The number of rotatable bonds is 3. The number of ether oxygens (including phenoxy) is 1. The monoisotopic (exact) mass is 552 g/mol. The number of hydrogen-bond acceptors (Lipinski definition) is 11. The SMILES string of the molecule is NNc1ccn([C@@H]2O[C@H](CO)[C@@H](O)[C@H]2O)c(=O)n1.O=P(O)(O)O.O=P(O)(O)O.O=P(O)(O)O. The van der Waals surface area contributed by atoms with Crippen molar-refractivity contribution in [1.29, 1.82) is 0 Å². The van der Waals surface area contributed by atoms with Gasteiger partial charge >= 0.3 is 29.2 Å². The third kappa shape index (κ3) is 19.9. The van der Waals surface area contributed by atoms with Crippen molar-refractivity contribution in [2.75, 3.05) is 12.0 Å². The molecule has 33 heavy (non-hydrogen) atoms. The molecule has 1 aliphatic heterocycles. The van der Waals surface area contributed by atoms with E-state index in [2.05, 4.69) is 10.4 Å². The molecule has 1 aliphatic rings. The van der Waals surface area contributed by atoms with E-state index < -0.39 is 60.3 Å². The molecule has 15 N–H and O–H groups in total. The zero-order chi connectivity index (χ0) is 26.8. The van der Waals surface area contributed by atoms with E-state index >= 15 is 0 Å². The summed E-state index contributed by atoms with van der Waals surface area (Å²) in [7, 11) is -13.9. The van der Waals surface area contributed by atoms with Crippen LogP contribution >= 0.6 is 23.5 Å². The van der Waals surface area contributed by atoms with Gasteiger partial charge in [-0.2, -0.15) is 4.98 Å². The van der Waals surface area contributed by atoms with Gasteiger partial charge in [-0.1, -0.05) is 0 Å². The molecule has 2 heterocycles. The Balaban J connectivity index is 0. The van der Waals surface area contributed by atoms with Crippen LogP contribution < -0.4 is 17.0 Å². The van der Waals surface area contributed by atoms with Gasteiger partial charge < -0.3 is 69.5 Å². The van der Waals surface area contributed by atoms with Gasteiger partial charge in [0, 0.05) is 6.20 Å². The third-order valence-electron chi connectivity index (χ3n) is 2.77. The van der Waals surface area contributed by atoms with E-state index in [1.807, 2.05) is 0 Å². The first-order chi connectivity index (χ1) is 14.6. The van der Waals surface area contributed by atoms with Gasteiger partial charge in [0.25, 0.3) is 0 Å². The van der Waals surface area contributed by atoms with Crippen molar-refractivity contribution in [1.82, 2.24) is 9.55 Å². The van der Waals surface area contributed by atoms with E-state index in [-0.39, 0.29) is 5.82 Å². The Morgan fingerprint density at radius 2 is 1.33 bits per heavy atom. The number of nitrogens with zero attached hydrogens (tertiary/aromatic N) is 2. The fraction of sp³-hybridized carbons (Fsp3) is 0.556. The highest BCUT2D eigenvalue weighted by Gasteiger charge is 2.43. The van der Waals surface area contributed by atoms with Crippen molar-refractivity contribution in [2.45, 2.75) is 24.5 Å². The number of nitrogens with one attached hydrogen (secondary N) is 1. The molecule has 0 aliphatic carbocycles. The zero-order valence-electron chi connectivity index (χ0n) is 15.9. The Hall–Kier alpha value is -1.19. The summed E-state index contributed by atoms with van der Waals surface area (Å²) < 4.78 is 32.9. The summed E-state index contributed by atoms with van der Waals surface area (Å²) in [5, 5.41) is 28.3. The maximum Gasteiger partial charge on any atom is 0.466 e. The Morgan fingerprint density at radius 3 is 1.61 bits per heavy atom. The summed E-state index contributed by atoms with van der Waals surface area (Å²) in [6.07, 6.45) is -3.30. The first-order valence-corrected chi connectivity index (χ1v) is 12.3. The van der Waals surface area contributed by atoms with Gasteiger partial charge in [-0.25, -0.2) is 24.3 Å². The predicted octanol–water partition coefficient (Wildman–Crippen LogP) is -5.65. The van der Waals surface area contributed by atoms with Crippen molar-refractivity contribution < 1.29 is 77.8 Å². The van der Waals surface area contributed by atoms with Crippen LogP contribution in [0, 0.1) is 0 Å². The van der Waals surface area contributed by atoms with Crippen molar-refractivity contribution >= 4 is 29.3 Å². The van der Waals surface area contributed by atoms with Crippen LogP contribution in [0.4, 0.5) is 5.82 Å². The predicted molar refractivity (Wildman–Crippen MR) is 102 cm³/mol. The minimum absolute atomic E-state index is 0.169. The lowest BCUT2D eigenvalue weighted by atomic mass is 10.1. The van der Waals surface area contributed by atoms with Crippen molar-refractivity contribution in [3.05, 3.63) is 22.7 Å². The molecule has 1 saturated heterocycles. The Labute approximate surface area is 182 Å². The standard InChI is InChI=1S/C9H14N4O5.3H3O4P/c10-12-5-1-2-13(9(17)11-5)8-7(16)6(15)4(3-14)18-8;3*1-5(2,3)4/h1-2,4,6-8,14-16H,3,10H2,(H,11,12,17);3*(H3,1,2,3,4)/t4-,6-,7-,8-;;;/m1.../s1. The Bertz CT molecular complexity index is 837. The van der Waals surface area contributed by atoms with Crippen LogP contribution in [0.1, 0.15) is 6.23 Å². The molecular formula is C9H23N4O17P3. The van der Waals surface area contributed by atoms with Crippen LogP contribution in [0.5, 0.6) is 0 Å². The molecule has 0 spiro atoms. The van der Waals surface area contributed by atoms with Gasteiger partial charge in [0.05, 0.1) is 6.61 Å². The lowest BCUT2D eigenvalue weighted by Crippen LogP contribution is -2.36. The molecule has 1 fully saturated rings. The minimum atomic E-state index is -4.64. The van der Waals surface area contributed by atoms with Gasteiger partial charge in [0.1, 0.15) is 24.1 Å². The number of hydrazine groups is 1. The maximum atomic E-state index is 11.7. The first kappa shape index (κ1) is 34.0. The average molecular weight is 552 g/mol. The summed E-state index contributed by atoms with van der Waals surface area (Å²) in [5.41, 5.74) is 1.51. The molecule has 21 nitrogen and oxygen atoms in total. The number of phosphoric acid groups is 3. The lowest BCUT2D eigenvalue weighted by Gasteiger charge is -2.17. The number of nitrogens with two attached hydrogens (primary N) is 1. The van der Waals surface area contributed by atoms with Crippen LogP contribution in [0.15, 0.2) is 17.1 Å². The molecule has 24 heteroatoms. The van der Waals surface area contributed by atoms with Crippen LogP contribution in [0.3, 0.4) is 0 Å². The normalized spacial score (nSPS) is 22.6. The van der Waals surface area contributed by atoms with Crippen molar-refractivity contribution in [3.63, 3.8) is 0 Å². The topological polar surface area (TPSA) is 376 Å². The van der Waals surface area contributed by atoms with E-state index in [1.165, 1.54) is 12.3 Å². The maximum absolute atomic E-state index is 11.7. The third-order valence-corrected chi connectivity index (χ3v) is 2.77. The highest BCUT2D eigenvalue weighted by Crippen LogP contribution is 2.28. The number of anilines is 1. The molecule has 4 atom stereocenters. The van der Waals surface area contributed by atoms with E-state index in [0.29, 0.717) is 0 Å². The number of aliphatic hydroxyl groups is 3. The van der Waals surface area contributed by atoms with Gasteiger partial charge in [-0.3, -0.25) is 4.57 Å². The first-order valence-electron chi connectivity index (χ1n) is 7.61. The molecule has 196 valence electrons. The number of aromatic nitrogens is 2. The smallest absolute Gasteiger partial charge is 0.394 e. The summed E-state index contributed by atoms with van der Waals surface area (Å²) in [6.45, 7) is -0.459. The number of nitrogen functional groups attached to an aromatic ring is 1. The quantitative estimate of drug-likeness (QED) is 0.0943. The molecule has 0 aromatic carbocycles. The highest BCUT2D eigenvalue weighted by atomic mass is 31.2. The lowest BCUT2D eigenvalue weighted by molar-refractivity contribution is -0.0549. The summed E-state index contributed by atoms with van der Waals surface area (Å²) >= 11 is 0. The van der Waals surface area contributed by atoms with E-state index in [9.17, 15) is 15.0 Å². The fourth-order valence-corrected chi connectivity index (χ4v) is 1.80. The molecule has 0 bridgehead atoms. The van der Waals surface area contributed by atoms with E-state index in [4.69, 9.17) is 73.4 Å². The second-order valence-corrected chi connectivity index (χ2v) is 8.50. The molecule has 0 unspecified atom stereocenters. The molecule has 1 aromatic heterocycles. The highest BCUT2D eigenvalue weighted by molar-refractivity contribution is 7.45. The molecule has 1 aromatic rings. The van der Waals surface area contributed by atoms with Gasteiger partial charge in [0.2, 0.25) is 0 Å². The molecule has 2 rings (SSSR count). The molecule has 0 saturated carbocycles. The number of aliphatic hydroxyl groups excluding tert-OH is 3. The largest absolute Gasteiger partial charge is 0.466 e. The van der Waals surface area contributed by atoms with Gasteiger partial charge in [0.15, 0.2) is 6.23 Å². The van der Waals surface area contributed by atoms with Crippen LogP contribution in [-0.2, 0) is 18.4 Å². The fourth-order valence-electron chi connectivity index (χ4n) is 1.80. The van der Waals surface area contributed by atoms with E-state index in [0.717, 1.165) is 4.57 Å². The molecule has 0 radical (unpaired) electrons. The average Bonchev–Trinajstić information content (AvgIpc) is 2.85. The van der Waals surface area contributed by atoms with E-state index in [1.54, 1.807) is 0 Å². The second kappa shape index (κ2) is 14.3. The summed E-state index contributed by atoms with van der Waals surface area (Å²) in [4.78, 5) is 79.9. The van der Waals surface area contributed by atoms with Gasteiger partial charge in [-0.15, -0.1) is 0 Å². The van der Waals surface area contributed by atoms with Crippen LogP contribution in [-0.4, -0.2) is 93.8 Å². The summed E-state index contributed by atoms with van der Waals surface area (Å²) in [6, 6.07) is 1.41. The van der Waals surface area contributed by atoms with Crippen molar-refractivity contribution in [2.24, 2.45) is 5.84 Å². The Morgan fingerprint density at radius 1 is 0.939 bits per heavy atom. The second-order valence-electron chi connectivity index (χ2n) is 5.42. The minimum Gasteiger partial charge on any atom is -0.394 e. The molecule has 0 amide bonds. The Kier molecular flexibility index (Phi) is 14.7.